The summed E-state index contributed by atoms with van der Waals surface area (Å²) in [6, 6.07) is 28.7. The van der Waals surface area contributed by atoms with Crippen molar-refractivity contribution in [3.05, 3.63) is 113 Å². The van der Waals surface area contributed by atoms with E-state index >= 15 is 0 Å². The molecule has 5 rings (SSSR count). The van der Waals surface area contributed by atoms with E-state index in [1.165, 1.54) is 0 Å². The van der Waals surface area contributed by atoms with Crippen molar-refractivity contribution in [2.45, 2.75) is 31.7 Å². The number of hydrogen-bond acceptors (Lipinski definition) is 4. The van der Waals surface area contributed by atoms with Crippen LogP contribution < -0.4 is 21.3 Å². The molecular formula is C33H34N4O3. The minimum absolute atomic E-state index is 0.0620. The van der Waals surface area contributed by atoms with Gasteiger partial charge in [-0.2, -0.15) is 0 Å². The van der Waals surface area contributed by atoms with Crippen LogP contribution in [0.1, 0.15) is 39.9 Å². The van der Waals surface area contributed by atoms with E-state index in [0.717, 1.165) is 33.2 Å². The van der Waals surface area contributed by atoms with Gasteiger partial charge in [0.2, 0.25) is 11.8 Å². The summed E-state index contributed by atoms with van der Waals surface area (Å²) in [5, 5.41) is 8.02. The number of carbonyl (C=O) groups is 3. The molecule has 0 saturated carbocycles. The molecule has 0 fully saturated rings. The van der Waals surface area contributed by atoms with E-state index in [1.807, 2.05) is 91.0 Å². The lowest BCUT2D eigenvalue weighted by Crippen LogP contribution is -2.49. The zero-order valence-corrected chi connectivity index (χ0v) is 22.4. The molecule has 0 aromatic heterocycles. The monoisotopic (exact) mass is 534 g/mol. The molecule has 1 unspecified atom stereocenters. The Morgan fingerprint density at radius 1 is 0.875 bits per heavy atom. The number of nitrogens with zero attached hydrogens (tertiary/aromatic N) is 1. The fourth-order valence-electron chi connectivity index (χ4n) is 5.22. The maximum Gasteiger partial charge on any atom is 0.258 e. The third-order valence-corrected chi connectivity index (χ3v) is 7.30. The molecular weight excluding hydrogens is 500 g/mol. The molecule has 1 atom stereocenters. The van der Waals surface area contributed by atoms with Gasteiger partial charge in [-0.3, -0.25) is 14.4 Å². The first-order chi connectivity index (χ1) is 19.5. The van der Waals surface area contributed by atoms with Crippen molar-refractivity contribution in [2.75, 3.05) is 24.5 Å². The van der Waals surface area contributed by atoms with E-state index in [4.69, 9.17) is 5.73 Å². The summed E-state index contributed by atoms with van der Waals surface area (Å²) in [7, 11) is 0. The maximum atomic E-state index is 13.6. The minimum Gasteiger partial charge on any atom is -0.354 e. The first-order valence-electron chi connectivity index (χ1n) is 13.8. The van der Waals surface area contributed by atoms with Gasteiger partial charge in [-0.05, 0) is 52.6 Å². The largest absolute Gasteiger partial charge is 0.354 e. The first kappa shape index (κ1) is 27.1. The summed E-state index contributed by atoms with van der Waals surface area (Å²) in [5.41, 5.74) is 10.0. The van der Waals surface area contributed by atoms with Crippen molar-refractivity contribution in [1.29, 1.82) is 0 Å². The molecule has 1 aliphatic heterocycles. The van der Waals surface area contributed by atoms with Crippen molar-refractivity contribution in [1.82, 2.24) is 10.6 Å². The molecule has 7 nitrogen and oxygen atoms in total. The predicted molar refractivity (Wildman–Crippen MR) is 158 cm³/mol. The van der Waals surface area contributed by atoms with Crippen LogP contribution in [0.4, 0.5) is 5.69 Å². The van der Waals surface area contributed by atoms with E-state index in [1.54, 1.807) is 4.90 Å². The highest BCUT2D eigenvalue weighted by Crippen LogP contribution is 2.30. The summed E-state index contributed by atoms with van der Waals surface area (Å²) in [6.07, 6.45) is 1.72. The number of nitrogens with one attached hydrogen (secondary N) is 2. The number of hydrogen-bond donors (Lipinski definition) is 3. The molecule has 4 aromatic carbocycles. The molecule has 0 spiro atoms. The molecule has 4 aromatic rings. The summed E-state index contributed by atoms with van der Waals surface area (Å²) in [6.45, 7) is 1.11. The molecule has 0 bridgehead atoms. The van der Waals surface area contributed by atoms with E-state index in [9.17, 15) is 14.4 Å². The van der Waals surface area contributed by atoms with Gasteiger partial charge in [-0.1, -0.05) is 78.9 Å². The lowest BCUT2D eigenvalue weighted by molar-refractivity contribution is -0.128. The molecule has 4 N–H and O–H groups in total. The Bertz CT molecular complexity index is 1530. The third-order valence-electron chi connectivity index (χ3n) is 7.30. The summed E-state index contributed by atoms with van der Waals surface area (Å²) in [4.78, 5) is 41.6. The summed E-state index contributed by atoms with van der Waals surface area (Å²) >= 11 is 0. The normalized spacial score (nSPS) is 13.2. The highest BCUT2D eigenvalue weighted by Gasteiger charge is 2.27. The van der Waals surface area contributed by atoms with E-state index in [-0.39, 0.29) is 30.7 Å². The van der Waals surface area contributed by atoms with Crippen molar-refractivity contribution in [2.24, 2.45) is 5.73 Å². The van der Waals surface area contributed by atoms with E-state index < -0.39 is 6.04 Å². The van der Waals surface area contributed by atoms with Crippen LogP contribution in [0.3, 0.4) is 0 Å². The summed E-state index contributed by atoms with van der Waals surface area (Å²) < 4.78 is 0. The average Bonchev–Trinajstić information content (AvgIpc) is 3.09. The Kier molecular flexibility index (Phi) is 8.52. The zero-order chi connectivity index (χ0) is 27.9. The van der Waals surface area contributed by atoms with E-state index in [0.29, 0.717) is 37.9 Å². The number of carbonyl (C=O) groups excluding carboxylic acids is 3. The predicted octanol–water partition coefficient (Wildman–Crippen LogP) is 3.97. The standard InChI is InChI=1S/C33H34N4O3/c34-17-7-18-35-32(39)29(21-23-14-15-24-8-1-2-9-25(24)20-23)36-31(38)16-19-37-30-13-6-4-11-27(30)22-26-10-3-5-12-28(26)33(37)40/h1-6,8-15,20,29H,7,16-19,21-22,34H2,(H,35,39)(H,36,38). The van der Waals surface area contributed by atoms with Crippen molar-refractivity contribution in [3.8, 4) is 0 Å². The highest BCUT2D eigenvalue weighted by atomic mass is 16.2. The van der Waals surface area contributed by atoms with Crippen molar-refractivity contribution >= 4 is 34.2 Å². The topological polar surface area (TPSA) is 105 Å². The molecule has 7 heteroatoms. The van der Waals surface area contributed by atoms with Gasteiger partial charge in [-0.15, -0.1) is 0 Å². The van der Waals surface area contributed by atoms with Crippen molar-refractivity contribution < 1.29 is 14.4 Å². The number of nitrogens with two attached hydrogens (primary N) is 1. The molecule has 40 heavy (non-hydrogen) atoms. The number of anilines is 1. The summed E-state index contributed by atoms with van der Waals surface area (Å²) in [5.74, 6) is -0.664. The lowest BCUT2D eigenvalue weighted by Gasteiger charge is -2.24. The van der Waals surface area contributed by atoms with Crippen LogP contribution in [0, 0.1) is 0 Å². The molecule has 3 amide bonds. The zero-order valence-electron chi connectivity index (χ0n) is 22.4. The van der Waals surface area contributed by atoms with Crippen LogP contribution in [0.2, 0.25) is 0 Å². The smallest absolute Gasteiger partial charge is 0.258 e. The maximum absolute atomic E-state index is 13.6. The Hall–Kier alpha value is -4.49. The number of benzene rings is 4. The second-order valence-corrected chi connectivity index (χ2v) is 10.1. The lowest BCUT2D eigenvalue weighted by atomic mass is 10.0. The molecule has 0 aliphatic carbocycles. The van der Waals surface area contributed by atoms with Crippen LogP contribution in [0.25, 0.3) is 10.8 Å². The van der Waals surface area contributed by atoms with Gasteiger partial charge < -0.3 is 21.3 Å². The average molecular weight is 535 g/mol. The second-order valence-electron chi connectivity index (χ2n) is 10.1. The Morgan fingerprint density at radius 2 is 1.60 bits per heavy atom. The number of fused-ring (bicyclic) bond motifs is 3. The van der Waals surface area contributed by atoms with Crippen LogP contribution >= 0.6 is 0 Å². The van der Waals surface area contributed by atoms with Gasteiger partial charge in [0.1, 0.15) is 6.04 Å². The van der Waals surface area contributed by atoms with Gasteiger partial charge in [0.25, 0.3) is 5.91 Å². The van der Waals surface area contributed by atoms with Gasteiger partial charge in [-0.25, -0.2) is 0 Å². The van der Waals surface area contributed by atoms with Gasteiger partial charge >= 0.3 is 0 Å². The van der Waals surface area contributed by atoms with E-state index in [2.05, 4.69) is 10.6 Å². The van der Waals surface area contributed by atoms with Crippen molar-refractivity contribution in [3.63, 3.8) is 0 Å². The molecule has 1 aliphatic rings. The van der Waals surface area contributed by atoms with Crippen LogP contribution in [0.15, 0.2) is 91.0 Å². The van der Waals surface area contributed by atoms with Gasteiger partial charge in [0.15, 0.2) is 0 Å². The molecule has 1 heterocycles. The number of rotatable bonds is 10. The van der Waals surface area contributed by atoms with Gasteiger partial charge in [0.05, 0.1) is 0 Å². The highest BCUT2D eigenvalue weighted by molar-refractivity contribution is 6.08. The van der Waals surface area contributed by atoms with Gasteiger partial charge in [0, 0.05) is 43.6 Å². The van der Waals surface area contributed by atoms with Crippen LogP contribution in [-0.2, 0) is 22.4 Å². The minimum atomic E-state index is -0.751. The fourth-order valence-corrected chi connectivity index (χ4v) is 5.22. The fraction of sp³-hybridized carbons (Fsp3) is 0.242. The molecule has 0 saturated heterocycles. The molecule has 0 radical (unpaired) electrons. The number of amides is 3. The Labute approximate surface area is 234 Å². The third kappa shape index (κ3) is 6.21. The molecule has 204 valence electrons. The Balaban J connectivity index is 1.31. The first-order valence-corrected chi connectivity index (χ1v) is 13.8. The quantitative estimate of drug-likeness (QED) is 0.268. The van der Waals surface area contributed by atoms with Crippen LogP contribution in [-0.4, -0.2) is 43.4 Å². The number of para-hydroxylation sites is 1. The SMILES string of the molecule is NCCCNC(=O)C(Cc1ccc2ccccc2c1)NC(=O)CCN1C(=O)c2ccccc2Cc2ccccc21. The second kappa shape index (κ2) is 12.6. The van der Waals surface area contributed by atoms with Crippen LogP contribution in [0.5, 0.6) is 0 Å². The Morgan fingerprint density at radius 3 is 2.42 bits per heavy atom.